The topological polar surface area (TPSA) is 18.5 Å². The second-order valence-corrected chi connectivity index (χ2v) is 5.49. The van der Waals surface area contributed by atoms with Gasteiger partial charge in [-0.3, -0.25) is 0 Å². The van der Waals surface area contributed by atoms with Crippen molar-refractivity contribution in [3.8, 4) is 5.75 Å². The van der Waals surface area contributed by atoms with Gasteiger partial charge in [-0.1, -0.05) is 26.8 Å². The molecule has 1 aromatic carbocycles. The summed E-state index contributed by atoms with van der Waals surface area (Å²) in [7, 11) is 1.36. The van der Waals surface area contributed by atoms with Gasteiger partial charge >= 0.3 is 0 Å². The molecule has 1 aromatic rings. The zero-order valence-corrected chi connectivity index (χ0v) is 11.7. The van der Waals surface area contributed by atoms with E-state index in [1.165, 1.54) is 7.11 Å². The van der Waals surface area contributed by atoms with Gasteiger partial charge in [0.05, 0.1) is 19.8 Å². The van der Waals surface area contributed by atoms with E-state index >= 15 is 0 Å². The van der Waals surface area contributed by atoms with Crippen LogP contribution in [0.1, 0.15) is 32.3 Å². The van der Waals surface area contributed by atoms with Crippen molar-refractivity contribution in [2.24, 2.45) is 11.8 Å². The van der Waals surface area contributed by atoms with E-state index in [9.17, 15) is 8.78 Å². The molecule has 2 rings (SSSR count). The maximum absolute atomic E-state index is 13.8. The fraction of sp³-hybridized carbons (Fsp3) is 0.600. The predicted octanol–water partition coefficient (Wildman–Crippen LogP) is 3.75. The van der Waals surface area contributed by atoms with Crippen LogP contribution in [-0.2, 0) is 4.74 Å². The Morgan fingerprint density at radius 3 is 2.53 bits per heavy atom. The maximum atomic E-state index is 13.8. The molecule has 0 amide bonds. The molecule has 0 spiro atoms. The molecule has 1 aliphatic heterocycles. The Morgan fingerprint density at radius 2 is 2.00 bits per heavy atom. The van der Waals surface area contributed by atoms with Crippen LogP contribution in [-0.4, -0.2) is 19.8 Å². The van der Waals surface area contributed by atoms with Crippen LogP contribution in [0, 0.1) is 23.5 Å². The quantitative estimate of drug-likeness (QED) is 0.833. The third kappa shape index (κ3) is 2.46. The highest BCUT2D eigenvalue weighted by molar-refractivity contribution is 5.39. The third-order valence-corrected chi connectivity index (χ3v) is 3.96. The Balaban J connectivity index is 2.36. The van der Waals surface area contributed by atoms with Crippen molar-refractivity contribution < 1.29 is 18.3 Å². The van der Waals surface area contributed by atoms with Gasteiger partial charge in [0.15, 0.2) is 11.6 Å². The number of methoxy groups -OCH3 is 1. The van der Waals surface area contributed by atoms with Crippen molar-refractivity contribution in [3.05, 3.63) is 29.3 Å². The summed E-state index contributed by atoms with van der Waals surface area (Å²) in [5, 5.41) is 0. The SMILES string of the molecule is COc1c([C@@H]2CO[C@@H](C(C)C)[C@@H]2C)ccc(F)c1F. The third-order valence-electron chi connectivity index (χ3n) is 3.96. The van der Waals surface area contributed by atoms with E-state index in [0.717, 1.165) is 6.07 Å². The number of hydrogen-bond acceptors (Lipinski definition) is 2. The second kappa shape index (κ2) is 5.45. The Bertz CT molecular complexity index is 460. The fourth-order valence-electron chi connectivity index (χ4n) is 2.97. The van der Waals surface area contributed by atoms with E-state index in [4.69, 9.17) is 9.47 Å². The van der Waals surface area contributed by atoms with Gasteiger partial charge in [-0.2, -0.15) is 4.39 Å². The summed E-state index contributed by atoms with van der Waals surface area (Å²) in [5.41, 5.74) is 0.692. The average molecular weight is 270 g/mol. The number of ether oxygens (including phenoxy) is 2. The number of benzene rings is 1. The van der Waals surface area contributed by atoms with Crippen LogP contribution < -0.4 is 4.74 Å². The normalized spacial score (nSPS) is 27.0. The lowest BCUT2D eigenvalue weighted by molar-refractivity contribution is 0.0576. The molecule has 0 bridgehead atoms. The molecule has 1 fully saturated rings. The number of hydrogen-bond donors (Lipinski definition) is 0. The van der Waals surface area contributed by atoms with E-state index in [1.54, 1.807) is 6.07 Å². The van der Waals surface area contributed by atoms with E-state index < -0.39 is 11.6 Å². The summed E-state index contributed by atoms with van der Waals surface area (Å²) in [6.07, 6.45) is 0.142. The molecule has 0 saturated carbocycles. The molecular weight excluding hydrogens is 250 g/mol. The predicted molar refractivity (Wildman–Crippen MR) is 69.4 cm³/mol. The molecule has 19 heavy (non-hydrogen) atoms. The van der Waals surface area contributed by atoms with Crippen molar-refractivity contribution in [2.75, 3.05) is 13.7 Å². The van der Waals surface area contributed by atoms with Crippen LogP contribution in [0.15, 0.2) is 12.1 Å². The molecule has 4 heteroatoms. The summed E-state index contributed by atoms with van der Waals surface area (Å²) >= 11 is 0. The van der Waals surface area contributed by atoms with Crippen molar-refractivity contribution in [2.45, 2.75) is 32.8 Å². The highest BCUT2D eigenvalue weighted by Crippen LogP contribution is 2.42. The molecule has 1 saturated heterocycles. The molecule has 0 N–H and O–H groups in total. The Labute approximate surface area is 112 Å². The van der Waals surface area contributed by atoms with E-state index in [-0.39, 0.29) is 23.7 Å². The van der Waals surface area contributed by atoms with E-state index in [1.807, 2.05) is 0 Å². The zero-order chi connectivity index (χ0) is 14.2. The first-order valence-corrected chi connectivity index (χ1v) is 6.60. The summed E-state index contributed by atoms with van der Waals surface area (Å²) in [6, 6.07) is 2.76. The smallest absolute Gasteiger partial charge is 0.200 e. The summed E-state index contributed by atoms with van der Waals surface area (Å²) < 4.78 is 37.8. The lowest BCUT2D eigenvalue weighted by Gasteiger charge is -2.22. The van der Waals surface area contributed by atoms with Gasteiger partial charge < -0.3 is 9.47 Å². The fourth-order valence-corrected chi connectivity index (χ4v) is 2.97. The van der Waals surface area contributed by atoms with Crippen LogP contribution in [0.5, 0.6) is 5.75 Å². The maximum Gasteiger partial charge on any atom is 0.200 e. The minimum absolute atomic E-state index is 0.00450. The van der Waals surface area contributed by atoms with Crippen LogP contribution in [0.4, 0.5) is 8.78 Å². The zero-order valence-electron chi connectivity index (χ0n) is 11.7. The lowest BCUT2D eigenvalue weighted by atomic mass is 9.83. The standard InChI is InChI=1S/C15H20F2O2/c1-8(2)14-9(3)11(7-19-14)10-5-6-12(16)13(17)15(10)18-4/h5-6,8-9,11,14H,7H2,1-4H3/t9-,11-,14+/m1/s1. The molecule has 0 unspecified atom stereocenters. The van der Waals surface area contributed by atoms with Gasteiger partial charge in [0.25, 0.3) is 0 Å². The van der Waals surface area contributed by atoms with Crippen LogP contribution in [0.2, 0.25) is 0 Å². The summed E-state index contributed by atoms with van der Waals surface area (Å²) in [5.74, 6) is -1.11. The number of halogens is 2. The molecule has 0 aromatic heterocycles. The molecule has 0 radical (unpaired) electrons. The monoisotopic (exact) mass is 270 g/mol. The average Bonchev–Trinajstić information content (AvgIpc) is 2.74. The van der Waals surface area contributed by atoms with Crippen LogP contribution in [0.3, 0.4) is 0 Å². The minimum atomic E-state index is -0.916. The Morgan fingerprint density at radius 1 is 1.32 bits per heavy atom. The van der Waals surface area contributed by atoms with Crippen LogP contribution in [0.25, 0.3) is 0 Å². The van der Waals surface area contributed by atoms with Gasteiger partial charge in [0.1, 0.15) is 0 Å². The van der Waals surface area contributed by atoms with Crippen molar-refractivity contribution in [1.29, 1.82) is 0 Å². The molecule has 2 nitrogen and oxygen atoms in total. The summed E-state index contributed by atoms with van der Waals surface area (Å²) in [6.45, 7) is 6.81. The molecule has 106 valence electrons. The summed E-state index contributed by atoms with van der Waals surface area (Å²) in [4.78, 5) is 0. The van der Waals surface area contributed by atoms with Crippen molar-refractivity contribution >= 4 is 0 Å². The minimum Gasteiger partial charge on any atom is -0.493 e. The second-order valence-electron chi connectivity index (χ2n) is 5.49. The highest BCUT2D eigenvalue weighted by atomic mass is 19.2. The van der Waals surface area contributed by atoms with E-state index in [0.29, 0.717) is 18.1 Å². The lowest BCUT2D eigenvalue weighted by Crippen LogP contribution is -2.22. The first-order valence-electron chi connectivity index (χ1n) is 6.60. The van der Waals surface area contributed by atoms with Gasteiger partial charge in [-0.05, 0) is 17.9 Å². The molecule has 1 heterocycles. The Hall–Kier alpha value is -1.16. The van der Waals surface area contributed by atoms with Crippen molar-refractivity contribution in [3.63, 3.8) is 0 Å². The van der Waals surface area contributed by atoms with Crippen LogP contribution >= 0.6 is 0 Å². The highest BCUT2D eigenvalue weighted by Gasteiger charge is 2.38. The van der Waals surface area contributed by atoms with Gasteiger partial charge in [-0.15, -0.1) is 0 Å². The van der Waals surface area contributed by atoms with Gasteiger partial charge in [-0.25, -0.2) is 4.39 Å². The van der Waals surface area contributed by atoms with E-state index in [2.05, 4.69) is 20.8 Å². The number of rotatable bonds is 3. The molecular formula is C15H20F2O2. The first-order chi connectivity index (χ1) is 8.97. The van der Waals surface area contributed by atoms with Gasteiger partial charge in [0.2, 0.25) is 5.82 Å². The van der Waals surface area contributed by atoms with Gasteiger partial charge in [0, 0.05) is 11.5 Å². The largest absolute Gasteiger partial charge is 0.493 e. The molecule has 1 aliphatic rings. The molecule has 0 aliphatic carbocycles. The Kier molecular flexibility index (Phi) is 4.09. The molecule has 3 atom stereocenters. The van der Waals surface area contributed by atoms with Crippen molar-refractivity contribution in [1.82, 2.24) is 0 Å². The first kappa shape index (κ1) is 14.3.